The van der Waals surface area contributed by atoms with Crippen molar-refractivity contribution in [3.8, 4) is 0 Å². The van der Waals surface area contributed by atoms with E-state index in [1.807, 2.05) is 13.8 Å². The zero-order valence-corrected chi connectivity index (χ0v) is 13.0. The molecule has 2 aromatic heterocycles. The highest BCUT2D eigenvalue weighted by molar-refractivity contribution is 6.28. The largest absolute Gasteiger partial charge is 0.466 e. The summed E-state index contributed by atoms with van der Waals surface area (Å²) in [6.07, 6.45) is 0.998. The van der Waals surface area contributed by atoms with Crippen LogP contribution in [0.15, 0.2) is 0 Å². The number of anilines is 1. The maximum atomic E-state index is 11.5. The van der Waals surface area contributed by atoms with Crippen molar-refractivity contribution in [1.29, 1.82) is 0 Å². The van der Waals surface area contributed by atoms with Crippen LogP contribution in [0.3, 0.4) is 0 Å². The Kier molecular flexibility index (Phi) is 4.95. The van der Waals surface area contributed by atoms with Crippen molar-refractivity contribution in [2.45, 2.75) is 39.7 Å². The number of halogens is 1. The number of fused-ring (bicyclic) bond motifs is 1. The lowest BCUT2D eigenvalue weighted by Gasteiger charge is -2.14. The van der Waals surface area contributed by atoms with Crippen LogP contribution in [0.5, 0.6) is 0 Å². The number of esters is 1. The maximum absolute atomic E-state index is 11.5. The quantitative estimate of drug-likeness (QED) is 0.628. The summed E-state index contributed by atoms with van der Waals surface area (Å²) in [4.78, 5) is 27.2. The summed E-state index contributed by atoms with van der Waals surface area (Å²) in [5.74, 6) is 1.09. The van der Waals surface area contributed by atoms with Crippen molar-refractivity contribution < 1.29 is 9.53 Å². The van der Waals surface area contributed by atoms with Crippen molar-refractivity contribution >= 4 is 34.6 Å². The van der Waals surface area contributed by atoms with E-state index in [9.17, 15) is 4.79 Å². The molecular formula is C13H18ClN5O2. The molecule has 0 aliphatic heterocycles. The van der Waals surface area contributed by atoms with Gasteiger partial charge in [-0.2, -0.15) is 9.97 Å². The minimum absolute atomic E-state index is 0.113. The number of imidazole rings is 1. The smallest absolute Gasteiger partial charge is 0.307 e. The molecule has 0 bridgehead atoms. The van der Waals surface area contributed by atoms with E-state index in [-0.39, 0.29) is 23.7 Å². The molecule has 0 aliphatic carbocycles. The van der Waals surface area contributed by atoms with Crippen LogP contribution < -0.4 is 5.32 Å². The lowest BCUT2D eigenvalue weighted by Crippen LogP contribution is -2.22. The Morgan fingerprint density at radius 1 is 1.38 bits per heavy atom. The Morgan fingerprint density at radius 3 is 2.81 bits per heavy atom. The molecule has 0 radical (unpaired) electrons. The monoisotopic (exact) mass is 311 g/mol. The molecule has 21 heavy (non-hydrogen) atoms. The average molecular weight is 312 g/mol. The van der Waals surface area contributed by atoms with Gasteiger partial charge in [0.2, 0.25) is 5.28 Å². The minimum Gasteiger partial charge on any atom is -0.466 e. The van der Waals surface area contributed by atoms with Crippen molar-refractivity contribution in [3.05, 3.63) is 11.1 Å². The molecule has 0 amide bonds. The Hall–Kier alpha value is -1.89. The summed E-state index contributed by atoms with van der Waals surface area (Å²) in [5.41, 5.74) is 1.20. The van der Waals surface area contributed by atoms with Gasteiger partial charge in [0.15, 0.2) is 11.5 Å². The van der Waals surface area contributed by atoms with Crippen molar-refractivity contribution in [1.82, 2.24) is 19.9 Å². The van der Waals surface area contributed by atoms with Crippen LogP contribution >= 0.6 is 11.6 Å². The molecule has 114 valence electrons. The molecule has 0 saturated heterocycles. The fourth-order valence-electron chi connectivity index (χ4n) is 1.94. The van der Waals surface area contributed by atoms with E-state index < -0.39 is 0 Å². The van der Waals surface area contributed by atoms with E-state index >= 15 is 0 Å². The molecule has 2 heterocycles. The van der Waals surface area contributed by atoms with Crippen LogP contribution in [0.25, 0.3) is 11.2 Å². The highest BCUT2D eigenvalue weighted by Gasteiger charge is 2.15. The van der Waals surface area contributed by atoms with Gasteiger partial charge in [-0.05, 0) is 25.4 Å². The standard InChI is InChI=1S/C13H18ClN5O2/c1-4-8-16-10-11(18-13(14)19-12(10)17-8)15-7(3)6-9(20)21-5-2/h7H,4-6H2,1-3H3,(H2,15,16,17,18,19). The van der Waals surface area contributed by atoms with Crippen LogP contribution in [-0.2, 0) is 16.0 Å². The third-order valence-electron chi connectivity index (χ3n) is 2.87. The van der Waals surface area contributed by atoms with Gasteiger partial charge >= 0.3 is 5.97 Å². The van der Waals surface area contributed by atoms with Crippen molar-refractivity contribution in [2.24, 2.45) is 0 Å². The first-order valence-corrected chi connectivity index (χ1v) is 7.25. The molecule has 2 N–H and O–H groups in total. The molecule has 0 spiro atoms. The van der Waals surface area contributed by atoms with Gasteiger partial charge in [-0.3, -0.25) is 4.79 Å². The Bertz CT molecular complexity index is 643. The molecule has 0 aromatic carbocycles. The first-order chi connectivity index (χ1) is 10.0. The number of H-pyrrole nitrogens is 1. The van der Waals surface area contributed by atoms with Gasteiger partial charge in [-0.25, -0.2) is 4.98 Å². The summed E-state index contributed by atoms with van der Waals surface area (Å²) in [6.45, 7) is 6.01. The summed E-state index contributed by atoms with van der Waals surface area (Å²) in [5, 5.41) is 3.26. The highest BCUT2D eigenvalue weighted by atomic mass is 35.5. The fourth-order valence-corrected chi connectivity index (χ4v) is 2.11. The SMILES string of the molecule is CCOC(=O)CC(C)Nc1nc(Cl)nc2nc(CC)[nH]c12. The molecule has 8 heteroatoms. The second-order valence-corrected chi connectivity index (χ2v) is 4.97. The van der Waals surface area contributed by atoms with Crippen LogP contribution in [-0.4, -0.2) is 38.6 Å². The van der Waals surface area contributed by atoms with Gasteiger partial charge in [-0.15, -0.1) is 0 Å². The summed E-state index contributed by atoms with van der Waals surface area (Å²) in [7, 11) is 0. The van der Waals surface area contributed by atoms with E-state index in [1.165, 1.54) is 0 Å². The number of nitrogens with zero attached hydrogens (tertiary/aromatic N) is 3. The third-order valence-corrected chi connectivity index (χ3v) is 3.04. The van der Waals surface area contributed by atoms with Gasteiger partial charge in [0.1, 0.15) is 11.3 Å². The van der Waals surface area contributed by atoms with Gasteiger partial charge in [0.05, 0.1) is 13.0 Å². The van der Waals surface area contributed by atoms with Gasteiger partial charge in [0.25, 0.3) is 0 Å². The summed E-state index contributed by atoms with van der Waals surface area (Å²) < 4.78 is 4.93. The zero-order chi connectivity index (χ0) is 15.4. The zero-order valence-electron chi connectivity index (χ0n) is 12.2. The molecule has 0 saturated carbocycles. The minimum atomic E-state index is -0.257. The van der Waals surface area contributed by atoms with E-state index in [2.05, 4.69) is 25.3 Å². The number of rotatable bonds is 6. The number of carbonyl (C=O) groups excluding carboxylic acids is 1. The second kappa shape index (κ2) is 6.71. The molecule has 1 atom stereocenters. The number of nitrogens with one attached hydrogen (secondary N) is 2. The number of carbonyl (C=O) groups is 1. The lowest BCUT2D eigenvalue weighted by atomic mass is 10.2. The molecule has 0 aliphatic rings. The number of aromatic nitrogens is 4. The molecule has 2 rings (SSSR count). The number of aryl methyl sites for hydroxylation is 1. The van der Waals surface area contributed by atoms with Crippen LogP contribution in [0, 0.1) is 0 Å². The number of hydrogen-bond acceptors (Lipinski definition) is 6. The van der Waals surface area contributed by atoms with Crippen molar-refractivity contribution in [3.63, 3.8) is 0 Å². The first kappa shape index (κ1) is 15.5. The number of ether oxygens (including phenoxy) is 1. The maximum Gasteiger partial charge on any atom is 0.307 e. The first-order valence-electron chi connectivity index (χ1n) is 6.87. The average Bonchev–Trinajstić information content (AvgIpc) is 2.81. The summed E-state index contributed by atoms with van der Waals surface area (Å²) in [6, 6.07) is -0.147. The number of hydrogen-bond donors (Lipinski definition) is 2. The molecule has 2 aromatic rings. The summed E-state index contributed by atoms with van der Waals surface area (Å²) >= 11 is 5.91. The fraction of sp³-hybridized carbons (Fsp3) is 0.538. The van der Waals surface area contributed by atoms with E-state index in [1.54, 1.807) is 6.92 Å². The van der Waals surface area contributed by atoms with E-state index in [0.29, 0.717) is 23.6 Å². The second-order valence-electron chi connectivity index (χ2n) is 4.63. The van der Waals surface area contributed by atoms with Crippen molar-refractivity contribution in [2.75, 3.05) is 11.9 Å². The molecular weight excluding hydrogens is 294 g/mol. The predicted molar refractivity (Wildman–Crippen MR) is 80.4 cm³/mol. The van der Waals surface area contributed by atoms with Gasteiger partial charge in [0, 0.05) is 12.5 Å². The molecule has 1 unspecified atom stereocenters. The topological polar surface area (TPSA) is 92.8 Å². The van der Waals surface area contributed by atoms with E-state index in [0.717, 1.165) is 12.2 Å². The van der Waals surface area contributed by atoms with E-state index in [4.69, 9.17) is 16.3 Å². The van der Waals surface area contributed by atoms with Crippen LogP contribution in [0.4, 0.5) is 5.82 Å². The Morgan fingerprint density at radius 2 is 2.14 bits per heavy atom. The Balaban J connectivity index is 2.20. The Labute approximate surface area is 127 Å². The predicted octanol–water partition coefficient (Wildman–Crippen LogP) is 2.32. The van der Waals surface area contributed by atoms with Gasteiger partial charge in [-0.1, -0.05) is 6.92 Å². The van der Waals surface area contributed by atoms with Crippen LogP contribution in [0.1, 0.15) is 33.0 Å². The highest BCUT2D eigenvalue weighted by Crippen LogP contribution is 2.21. The van der Waals surface area contributed by atoms with Gasteiger partial charge < -0.3 is 15.0 Å². The van der Waals surface area contributed by atoms with Crippen LogP contribution in [0.2, 0.25) is 5.28 Å². The lowest BCUT2D eigenvalue weighted by molar-refractivity contribution is -0.143. The molecule has 0 fully saturated rings. The normalized spacial score (nSPS) is 12.4. The third kappa shape index (κ3) is 3.81. The molecule has 7 nitrogen and oxygen atoms in total. The number of aromatic amines is 1.